The molecule has 0 unspecified atom stereocenters. The van der Waals surface area contributed by atoms with Gasteiger partial charge in [0.15, 0.2) is 0 Å². The zero-order chi connectivity index (χ0) is 24.0. The Morgan fingerprint density at radius 1 is 0.971 bits per heavy atom. The SMILES string of the molecule is C[C@H](NC(=O)c1ccc(N2CCC(NCCc3c[nH]c4ccccc34)CC2)cc1)c1ccccc1. The lowest BCUT2D eigenvalue weighted by atomic mass is 10.0. The van der Waals surface area contributed by atoms with Crippen LogP contribution in [0.15, 0.2) is 85.1 Å². The van der Waals surface area contributed by atoms with E-state index in [0.29, 0.717) is 11.6 Å². The number of aromatic amines is 1. The number of carbonyl (C=O) groups is 1. The largest absolute Gasteiger partial charge is 0.371 e. The first-order valence-corrected chi connectivity index (χ1v) is 12.7. The molecule has 5 nitrogen and oxygen atoms in total. The highest BCUT2D eigenvalue weighted by Gasteiger charge is 2.19. The van der Waals surface area contributed by atoms with Gasteiger partial charge < -0.3 is 20.5 Å². The number of aromatic nitrogens is 1. The molecule has 2 heterocycles. The van der Waals surface area contributed by atoms with Crippen molar-refractivity contribution < 1.29 is 4.79 Å². The van der Waals surface area contributed by atoms with E-state index in [1.807, 2.05) is 49.4 Å². The minimum atomic E-state index is -0.0361. The van der Waals surface area contributed by atoms with Crippen LogP contribution in [-0.4, -0.2) is 36.6 Å². The number of H-pyrrole nitrogens is 1. The highest BCUT2D eigenvalue weighted by molar-refractivity contribution is 5.94. The second-order valence-electron chi connectivity index (χ2n) is 9.48. The third-order valence-electron chi connectivity index (χ3n) is 7.14. The number of carbonyl (C=O) groups excluding carboxylic acids is 1. The van der Waals surface area contributed by atoms with Crippen LogP contribution >= 0.6 is 0 Å². The molecule has 0 aliphatic carbocycles. The van der Waals surface area contributed by atoms with Gasteiger partial charge in [0.1, 0.15) is 0 Å². The minimum Gasteiger partial charge on any atom is -0.371 e. The lowest BCUT2D eigenvalue weighted by Gasteiger charge is -2.34. The van der Waals surface area contributed by atoms with Crippen LogP contribution in [0.25, 0.3) is 10.9 Å². The van der Waals surface area contributed by atoms with E-state index in [-0.39, 0.29) is 11.9 Å². The van der Waals surface area contributed by atoms with Gasteiger partial charge in [-0.25, -0.2) is 0 Å². The number of benzene rings is 3. The molecule has 180 valence electrons. The number of nitrogens with one attached hydrogen (secondary N) is 3. The summed E-state index contributed by atoms with van der Waals surface area (Å²) in [7, 11) is 0. The summed E-state index contributed by atoms with van der Waals surface area (Å²) in [6, 6.07) is 27.1. The lowest BCUT2D eigenvalue weighted by Crippen LogP contribution is -2.43. The standard InChI is InChI=1S/C30H34N4O/c1-22(23-7-3-2-4-8-23)33-30(35)24-11-13-27(14-12-24)34-19-16-26(17-20-34)31-18-15-25-21-32-29-10-6-5-9-28(25)29/h2-14,21-22,26,31-32H,15-20H2,1H3,(H,33,35)/t22-/m0/s1. The van der Waals surface area contributed by atoms with Crippen LogP contribution in [0.1, 0.15) is 47.3 Å². The highest BCUT2D eigenvalue weighted by Crippen LogP contribution is 2.22. The molecule has 5 heteroatoms. The molecular formula is C30H34N4O. The Morgan fingerprint density at radius 3 is 2.46 bits per heavy atom. The van der Waals surface area contributed by atoms with Crippen molar-refractivity contribution in [3.8, 4) is 0 Å². The molecule has 3 N–H and O–H groups in total. The Hall–Kier alpha value is -3.57. The summed E-state index contributed by atoms with van der Waals surface area (Å²) in [6.45, 7) is 5.07. The zero-order valence-electron chi connectivity index (χ0n) is 20.3. The van der Waals surface area contributed by atoms with Crippen molar-refractivity contribution in [3.05, 3.63) is 102 Å². The first-order chi connectivity index (χ1) is 17.2. The van der Waals surface area contributed by atoms with Crippen molar-refractivity contribution in [2.75, 3.05) is 24.5 Å². The Bertz CT molecular complexity index is 1240. The summed E-state index contributed by atoms with van der Waals surface area (Å²) >= 11 is 0. The summed E-state index contributed by atoms with van der Waals surface area (Å²) < 4.78 is 0. The average molecular weight is 467 g/mol. The van der Waals surface area contributed by atoms with E-state index in [1.165, 1.54) is 22.2 Å². The van der Waals surface area contributed by atoms with Crippen LogP contribution in [0.3, 0.4) is 0 Å². The van der Waals surface area contributed by atoms with Gasteiger partial charge in [-0.2, -0.15) is 0 Å². The molecule has 0 bridgehead atoms. The van der Waals surface area contributed by atoms with Crippen molar-refractivity contribution in [1.29, 1.82) is 0 Å². The normalized spacial score (nSPS) is 15.3. The topological polar surface area (TPSA) is 60.2 Å². The van der Waals surface area contributed by atoms with Crippen molar-refractivity contribution >= 4 is 22.5 Å². The van der Waals surface area contributed by atoms with Gasteiger partial charge in [0.2, 0.25) is 0 Å². The lowest BCUT2D eigenvalue weighted by molar-refractivity contribution is 0.0940. The van der Waals surface area contributed by atoms with Crippen LogP contribution < -0.4 is 15.5 Å². The summed E-state index contributed by atoms with van der Waals surface area (Å²) in [5.74, 6) is -0.0361. The molecular weight excluding hydrogens is 432 g/mol. The molecule has 0 saturated carbocycles. The van der Waals surface area contributed by atoms with Crippen molar-refractivity contribution in [1.82, 2.24) is 15.6 Å². The van der Waals surface area contributed by atoms with Crippen LogP contribution in [-0.2, 0) is 6.42 Å². The molecule has 1 aliphatic heterocycles. The van der Waals surface area contributed by atoms with Gasteiger partial charge in [0.25, 0.3) is 5.91 Å². The smallest absolute Gasteiger partial charge is 0.251 e. The van der Waals surface area contributed by atoms with E-state index < -0.39 is 0 Å². The molecule has 5 rings (SSSR count). The number of hydrogen-bond donors (Lipinski definition) is 3. The molecule has 1 amide bonds. The van der Waals surface area contributed by atoms with Crippen LogP contribution in [0, 0.1) is 0 Å². The molecule has 1 aliphatic rings. The zero-order valence-corrected chi connectivity index (χ0v) is 20.3. The molecule has 1 saturated heterocycles. The minimum absolute atomic E-state index is 0.0223. The van der Waals surface area contributed by atoms with Crippen LogP contribution in [0.4, 0.5) is 5.69 Å². The van der Waals surface area contributed by atoms with Gasteiger partial charge in [0.05, 0.1) is 6.04 Å². The van der Waals surface area contributed by atoms with E-state index in [0.717, 1.165) is 44.5 Å². The third kappa shape index (κ3) is 5.57. The van der Waals surface area contributed by atoms with Gasteiger partial charge in [0, 0.05) is 47.5 Å². The number of hydrogen-bond acceptors (Lipinski definition) is 3. The Kier molecular flexibility index (Phi) is 7.15. The molecule has 1 fully saturated rings. The maximum atomic E-state index is 12.7. The summed E-state index contributed by atoms with van der Waals surface area (Å²) in [4.78, 5) is 18.5. The predicted octanol–water partition coefficient (Wildman–Crippen LogP) is 5.46. The number of nitrogens with zero attached hydrogens (tertiary/aromatic N) is 1. The van der Waals surface area contributed by atoms with Crippen LogP contribution in [0.5, 0.6) is 0 Å². The first kappa shape index (κ1) is 23.2. The van der Waals surface area contributed by atoms with Gasteiger partial charge in [-0.1, -0.05) is 48.5 Å². The Labute approximate surface area is 207 Å². The predicted molar refractivity (Wildman–Crippen MR) is 144 cm³/mol. The fraction of sp³-hybridized carbons (Fsp3) is 0.300. The Balaban J connectivity index is 1.08. The molecule has 1 aromatic heterocycles. The number of amides is 1. The van der Waals surface area contributed by atoms with E-state index >= 15 is 0 Å². The molecule has 0 radical (unpaired) electrons. The fourth-order valence-electron chi connectivity index (χ4n) is 5.02. The van der Waals surface area contributed by atoms with Crippen molar-refractivity contribution in [3.63, 3.8) is 0 Å². The highest BCUT2D eigenvalue weighted by atomic mass is 16.1. The van der Waals surface area contributed by atoms with Crippen molar-refractivity contribution in [2.24, 2.45) is 0 Å². The molecule has 35 heavy (non-hydrogen) atoms. The number of para-hydroxylation sites is 1. The number of fused-ring (bicyclic) bond motifs is 1. The molecule has 4 aromatic rings. The summed E-state index contributed by atoms with van der Waals surface area (Å²) in [5, 5.41) is 8.18. The average Bonchev–Trinajstić information content (AvgIpc) is 3.33. The number of piperidine rings is 1. The quantitative estimate of drug-likeness (QED) is 0.323. The van der Waals surface area contributed by atoms with E-state index in [4.69, 9.17) is 0 Å². The number of anilines is 1. The van der Waals surface area contributed by atoms with Crippen LogP contribution in [0.2, 0.25) is 0 Å². The Morgan fingerprint density at radius 2 is 1.69 bits per heavy atom. The van der Waals surface area contributed by atoms with E-state index in [9.17, 15) is 4.79 Å². The van der Waals surface area contributed by atoms with Gasteiger partial charge in [-0.3, -0.25) is 4.79 Å². The van der Waals surface area contributed by atoms with E-state index in [2.05, 4.69) is 63.1 Å². The second kappa shape index (κ2) is 10.8. The number of rotatable bonds is 8. The monoisotopic (exact) mass is 466 g/mol. The summed E-state index contributed by atoms with van der Waals surface area (Å²) in [6.07, 6.45) is 5.44. The molecule has 3 aromatic carbocycles. The maximum absolute atomic E-state index is 12.7. The molecule has 0 spiro atoms. The van der Waals surface area contributed by atoms with Gasteiger partial charge in [-0.05, 0) is 74.2 Å². The fourth-order valence-corrected chi connectivity index (χ4v) is 5.02. The third-order valence-corrected chi connectivity index (χ3v) is 7.14. The summed E-state index contributed by atoms with van der Waals surface area (Å²) in [5.41, 5.74) is 5.59. The molecule has 1 atom stereocenters. The van der Waals surface area contributed by atoms with Gasteiger partial charge >= 0.3 is 0 Å². The van der Waals surface area contributed by atoms with E-state index in [1.54, 1.807) is 0 Å². The maximum Gasteiger partial charge on any atom is 0.251 e. The first-order valence-electron chi connectivity index (χ1n) is 12.7. The van der Waals surface area contributed by atoms with Crippen molar-refractivity contribution in [2.45, 2.75) is 38.3 Å². The second-order valence-corrected chi connectivity index (χ2v) is 9.48. The van der Waals surface area contributed by atoms with Gasteiger partial charge in [-0.15, -0.1) is 0 Å².